The van der Waals surface area contributed by atoms with Crippen molar-refractivity contribution in [1.82, 2.24) is 10.2 Å². The lowest BCUT2D eigenvalue weighted by molar-refractivity contribution is -0.118. The largest absolute Gasteiger partial charge is 0.483 e. The molecule has 0 saturated carbocycles. The molecule has 0 radical (unpaired) electrons. The zero-order chi connectivity index (χ0) is 14.4. The second kappa shape index (κ2) is 7.25. The molecule has 1 aromatic carbocycles. The van der Waals surface area contributed by atoms with E-state index in [-0.39, 0.29) is 12.5 Å². The van der Waals surface area contributed by atoms with E-state index in [0.717, 1.165) is 15.7 Å². The number of para-hydroxylation sites is 1. The monoisotopic (exact) mass is 309 g/mol. The molecule has 5 nitrogen and oxygen atoms in total. The van der Waals surface area contributed by atoms with Crippen LogP contribution in [0.2, 0.25) is 0 Å². The van der Waals surface area contributed by atoms with Crippen LogP contribution in [0.25, 0.3) is 0 Å². The first kappa shape index (κ1) is 14.8. The molecule has 20 heavy (non-hydrogen) atoms. The Kier molecular flexibility index (Phi) is 5.37. The fourth-order valence-corrected chi connectivity index (χ4v) is 3.12. The van der Waals surface area contributed by atoms with Gasteiger partial charge in [0, 0.05) is 0 Å². The van der Waals surface area contributed by atoms with Gasteiger partial charge in [-0.15, -0.1) is 10.2 Å². The maximum Gasteiger partial charge on any atom is 0.264 e. The summed E-state index contributed by atoms with van der Waals surface area (Å²) < 4.78 is 6.31. The molecule has 1 amide bonds. The molecule has 106 valence electrons. The Balaban J connectivity index is 1.84. The van der Waals surface area contributed by atoms with Crippen LogP contribution in [0.3, 0.4) is 0 Å². The third-order valence-corrected chi connectivity index (χ3v) is 4.23. The predicted molar refractivity (Wildman–Crippen MR) is 81.6 cm³/mol. The highest BCUT2D eigenvalue weighted by Crippen LogP contribution is 2.24. The van der Waals surface area contributed by atoms with Crippen molar-refractivity contribution in [3.63, 3.8) is 0 Å². The van der Waals surface area contributed by atoms with Crippen molar-refractivity contribution < 1.29 is 9.53 Å². The van der Waals surface area contributed by atoms with Crippen LogP contribution in [-0.2, 0) is 4.79 Å². The van der Waals surface area contributed by atoms with Gasteiger partial charge in [-0.3, -0.25) is 10.1 Å². The average Bonchev–Trinajstić information content (AvgIpc) is 2.85. The van der Waals surface area contributed by atoms with Gasteiger partial charge < -0.3 is 4.74 Å². The predicted octanol–water partition coefficient (Wildman–Crippen LogP) is 2.98. The summed E-state index contributed by atoms with van der Waals surface area (Å²) in [5.41, 5.74) is 0.998. The van der Waals surface area contributed by atoms with E-state index in [1.165, 1.54) is 11.3 Å². The summed E-state index contributed by atoms with van der Waals surface area (Å²) in [6, 6.07) is 7.57. The van der Waals surface area contributed by atoms with Gasteiger partial charge in [0.2, 0.25) is 5.13 Å². The van der Waals surface area contributed by atoms with Gasteiger partial charge in [-0.1, -0.05) is 48.2 Å². The first-order chi connectivity index (χ1) is 9.69. The van der Waals surface area contributed by atoms with Crippen LogP contribution in [0.4, 0.5) is 5.13 Å². The maximum absolute atomic E-state index is 11.8. The number of aromatic nitrogens is 2. The van der Waals surface area contributed by atoms with Crippen molar-refractivity contribution in [2.24, 2.45) is 0 Å². The topological polar surface area (TPSA) is 64.1 Å². The van der Waals surface area contributed by atoms with E-state index in [4.69, 9.17) is 4.74 Å². The number of hydrogen-bond acceptors (Lipinski definition) is 6. The van der Waals surface area contributed by atoms with Crippen molar-refractivity contribution in [3.8, 4) is 5.75 Å². The molecule has 2 rings (SSSR count). The first-order valence-corrected chi connectivity index (χ1v) is 7.94. The minimum absolute atomic E-state index is 0.0410. The minimum atomic E-state index is -0.238. The van der Waals surface area contributed by atoms with Crippen LogP contribution in [-0.4, -0.2) is 28.5 Å². The number of rotatable bonds is 6. The number of carbonyl (C=O) groups excluding carboxylic acids is 1. The highest BCUT2D eigenvalue weighted by Gasteiger charge is 2.09. The number of benzene rings is 1. The number of nitrogens with one attached hydrogen (secondary N) is 1. The van der Waals surface area contributed by atoms with E-state index in [2.05, 4.69) is 15.5 Å². The Morgan fingerprint density at radius 3 is 2.95 bits per heavy atom. The van der Waals surface area contributed by atoms with Crippen molar-refractivity contribution in [2.75, 3.05) is 17.7 Å². The highest BCUT2D eigenvalue weighted by atomic mass is 32.2. The fourth-order valence-electron chi connectivity index (χ4n) is 1.46. The summed E-state index contributed by atoms with van der Waals surface area (Å²) in [5.74, 6) is 1.40. The number of thioether (sulfide) groups is 1. The van der Waals surface area contributed by atoms with E-state index in [1.54, 1.807) is 11.8 Å². The lowest BCUT2D eigenvalue weighted by Gasteiger charge is -2.07. The molecule has 1 N–H and O–H groups in total. The van der Waals surface area contributed by atoms with Crippen LogP contribution in [0, 0.1) is 6.92 Å². The van der Waals surface area contributed by atoms with Gasteiger partial charge in [-0.25, -0.2) is 0 Å². The van der Waals surface area contributed by atoms with Crippen LogP contribution >= 0.6 is 23.1 Å². The van der Waals surface area contributed by atoms with Crippen LogP contribution in [0.15, 0.2) is 28.6 Å². The lowest BCUT2D eigenvalue weighted by Crippen LogP contribution is -2.20. The molecule has 0 unspecified atom stereocenters. The van der Waals surface area contributed by atoms with E-state index >= 15 is 0 Å². The first-order valence-electron chi connectivity index (χ1n) is 6.13. The number of nitrogens with zero attached hydrogens (tertiary/aromatic N) is 2. The minimum Gasteiger partial charge on any atom is -0.483 e. The quantitative estimate of drug-likeness (QED) is 0.656. The SMILES string of the molecule is CCSc1nnc(NC(=O)COc2ccccc2C)s1. The van der Waals surface area contributed by atoms with E-state index < -0.39 is 0 Å². The fraction of sp³-hybridized carbons (Fsp3) is 0.308. The van der Waals surface area contributed by atoms with E-state index in [0.29, 0.717) is 10.9 Å². The van der Waals surface area contributed by atoms with Crippen LogP contribution in [0.1, 0.15) is 12.5 Å². The Hall–Kier alpha value is -1.60. The van der Waals surface area contributed by atoms with E-state index in [1.807, 2.05) is 38.1 Å². The second-order valence-electron chi connectivity index (χ2n) is 3.91. The molecule has 0 bridgehead atoms. The molecule has 0 aliphatic rings. The standard InChI is InChI=1S/C13H15N3O2S2/c1-3-19-13-16-15-12(20-13)14-11(17)8-18-10-7-5-4-6-9(10)2/h4-7H,3,8H2,1-2H3,(H,14,15,17). The van der Waals surface area contributed by atoms with Gasteiger partial charge in [0.15, 0.2) is 10.9 Å². The van der Waals surface area contributed by atoms with Gasteiger partial charge in [0.25, 0.3) is 5.91 Å². The third kappa shape index (κ3) is 4.21. The summed E-state index contributed by atoms with van der Waals surface area (Å²) in [5, 5.41) is 11.1. The molecule has 0 fully saturated rings. The summed E-state index contributed by atoms with van der Waals surface area (Å²) in [4.78, 5) is 11.8. The Morgan fingerprint density at radius 1 is 1.40 bits per heavy atom. The van der Waals surface area contributed by atoms with Crippen LogP contribution < -0.4 is 10.1 Å². The zero-order valence-corrected chi connectivity index (χ0v) is 12.9. The molecular formula is C13H15N3O2S2. The number of hydrogen-bond donors (Lipinski definition) is 1. The molecule has 2 aromatic rings. The number of carbonyl (C=O) groups is 1. The smallest absolute Gasteiger partial charge is 0.264 e. The maximum atomic E-state index is 11.8. The molecule has 0 aliphatic carbocycles. The molecule has 0 atom stereocenters. The van der Waals surface area contributed by atoms with Gasteiger partial charge in [0.05, 0.1) is 0 Å². The van der Waals surface area contributed by atoms with Crippen molar-refractivity contribution >= 4 is 34.1 Å². The van der Waals surface area contributed by atoms with Gasteiger partial charge in [-0.05, 0) is 24.3 Å². The summed E-state index contributed by atoms with van der Waals surface area (Å²) in [6.45, 7) is 3.94. The van der Waals surface area contributed by atoms with Crippen molar-refractivity contribution in [3.05, 3.63) is 29.8 Å². The van der Waals surface area contributed by atoms with Crippen LogP contribution in [0.5, 0.6) is 5.75 Å². The number of aryl methyl sites for hydroxylation is 1. The molecule has 1 aromatic heterocycles. The molecule has 1 heterocycles. The molecule has 0 aliphatic heterocycles. The van der Waals surface area contributed by atoms with Gasteiger partial charge in [-0.2, -0.15) is 0 Å². The highest BCUT2D eigenvalue weighted by molar-refractivity contribution is 8.01. The molecule has 0 saturated heterocycles. The third-order valence-electron chi connectivity index (χ3n) is 2.37. The summed E-state index contributed by atoms with van der Waals surface area (Å²) >= 11 is 2.96. The van der Waals surface area contributed by atoms with Gasteiger partial charge >= 0.3 is 0 Å². The lowest BCUT2D eigenvalue weighted by atomic mass is 10.2. The summed E-state index contributed by atoms with van der Waals surface area (Å²) in [6.07, 6.45) is 0. The van der Waals surface area contributed by atoms with Crippen molar-refractivity contribution in [1.29, 1.82) is 0 Å². The number of amides is 1. The van der Waals surface area contributed by atoms with Crippen molar-refractivity contribution in [2.45, 2.75) is 18.2 Å². The second-order valence-corrected chi connectivity index (χ2v) is 6.40. The zero-order valence-electron chi connectivity index (χ0n) is 11.3. The number of ether oxygens (including phenoxy) is 1. The molecular weight excluding hydrogens is 294 g/mol. The number of anilines is 1. The van der Waals surface area contributed by atoms with E-state index in [9.17, 15) is 4.79 Å². The Morgan fingerprint density at radius 2 is 2.20 bits per heavy atom. The molecule has 0 spiro atoms. The molecule has 7 heteroatoms. The summed E-state index contributed by atoms with van der Waals surface area (Å²) in [7, 11) is 0. The van der Waals surface area contributed by atoms with Gasteiger partial charge in [0.1, 0.15) is 5.75 Å². The Labute approximate surface area is 125 Å². The normalized spacial score (nSPS) is 10.3. The average molecular weight is 309 g/mol. The Bertz CT molecular complexity index is 587.